The number of benzene rings is 2. The highest BCUT2D eigenvalue weighted by molar-refractivity contribution is 6.09. The summed E-state index contributed by atoms with van der Waals surface area (Å²) in [6.45, 7) is 0.741. The Morgan fingerprint density at radius 1 is 1.24 bits per heavy atom. The van der Waals surface area contributed by atoms with Gasteiger partial charge >= 0.3 is 6.03 Å². The number of imide groups is 1. The molecule has 1 aliphatic rings. The standard InChI is InChI=1S/C19H17FN4O5/c1-19(13-6-4-7-14(9-13)24(28)29)17(26)23(18(27)22-19)11-16(25)21-10-12-5-2-3-8-15(12)20/h2-9H,10-11H2,1H3,(H,21,25)(H,22,27). The van der Waals surface area contributed by atoms with Gasteiger partial charge in [-0.15, -0.1) is 0 Å². The molecule has 1 atom stereocenters. The van der Waals surface area contributed by atoms with E-state index in [1.807, 2.05) is 0 Å². The second-order valence-electron chi connectivity index (χ2n) is 6.62. The molecule has 3 rings (SSSR count). The van der Waals surface area contributed by atoms with Crippen molar-refractivity contribution in [1.29, 1.82) is 0 Å². The zero-order valence-electron chi connectivity index (χ0n) is 15.3. The molecule has 9 nitrogen and oxygen atoms in total. The summed E-state index contributed by atoms with van der Waals surface area (Å²) in [7, 11) is 0. The second kappa shape index (κ2) is 7.66. The van der Waals surface area contributed by atoms with E-state index in [0.717, 1.165) is 4.90 Å². The number of carbonyl (C=O) groups is 3. The Morgan fingerprint density at radius 3 is 2.66 bits per heavy atom. The number of halogens is 1. The molecule has 1 fully saturated rings. The summed E-state index contributed by atoms with van der Waals surface area (Å²) in [6.07, 6.45) is 0. The van der Waals surface area contributed by atoms with E-state index in [9.17, 15) is 28.9 Å². The van der Waals surface area contributed by atoms with E-state index in [4.69, 9.17) is 0 Å². The number of nitro groups is 1. The third-order valence-electron chi connectivity index (χ3n) is 4.64. The lowest BCUT2D eigenvalue weighted by Gasteiger charge is -2.22. The topological polar surface area (TPSA) is 122 Å². The first-order valence-electron chi connectivity index (χ1n) is 8.61. The summed E-state index contributed by atoms with van der Waals surface area (Å²) >= 11 is 0. The van der Waals surface area contributed by atoms with Crippen molar-refractivity contribution in [2.24, 2.45) is 0 Å². The fourth-order valence-electron chi connectivity index (χ4n) is 3.00. The second-order valence-corrected chi connectivity index (χ2v) is 6.62. The van der Waals surface area contributed by atoms with Crippen LogP contribution in [0.5, 0.6) is 0 Å². The Kier molecular flexibility index (Phi) is 5.26. The molecule has 0 spiro atoms. The molecule has 2 aromatic rings. The van der Waals surface area contributed by atoms with Gasteiger partial charge in [0.1, 0.15) is 17.9 Å². The van der Waals surface area contributed by atoms with Crippen LogP contribution in [-0.4, -0.2) is 34.2 Å². The summed E-state index contributed by atoms with van der Waals surface area (Å²) in [5.74, 6) is -1.86. The largest absolute Gasteiger partial charge is 0.350 e. The maximum atomic E-state index is 13.6. The number of amides is 4. The van der Waals surface area contributed by atoms with Crippen LogP contribution in [0.1, 0.15) is 18.1 Å². The number of urea groups is 1. The van der Waals surface area contributed by atoms with Crippen molar-refractivity contribution < 1.29 is 23.7 Å². The molecule has 1 aliphatic heterocycles. The molecule has 2 aromatic carbocycles. The summed E-state index contributed by atoms with van der Waals surface area (Å²) in [6, 6.07) is 10.4. The Hall–Kier alpha value is -3.82. The average molecular weight is 400 g/mol. The highest BCUT2D eigenvalue weighted by atomic mass is 19.1. The van der Waals surface area contributed by atoms with Crippen molar-refractivity contribution in [2.45, 2.75) is 19.0 Å². The Morgan fingerprint density at radius 2 is 1.97 bits per heavy atom. The van der Waals surface area contributed by atoms with Crippen LogP contribution >= 0.6 is 0 Å². The minimum Gasteiger partial charge on any atom is -0.350 e. The molecule has 0 aromatic heterocycles. The van der Waals surface area contributed by atoms with E-state index in [1.165, 1.54) is 49.4 Å². The van der Waals surface area contributed by atoms with Gasteiger partial charge in [0, 0.05) is 24.2 Å². The first-order chi connectivity index (χ1) is 13.7. The first-order valence-corrected chi connectivity index (χ1v) is 8.61. The quantitative estimate of drug-likeness (QED) is 0.435. The zero-order valence-corrected chi connectivity index (χ0v) is 15.3. The van der Waals surface area contributed by atoms with Crippen LogP contribution in [0.15, 0.2) is 48.5 Å². The van der Waals surface area contributed by atoms with Gasteiger partial charge in [0.15, 0.2) is 0 Å². The third kappa shape index (κ3) is 3.91. The lowest BCUT2D eigenvalue weighted by molar-refractivity contribution is -0.385. The van der Waals surface area contributed by atoms with Crippen LogP contribution in [-0.2, 0) is 21.7 Å². The molecule has 0 radical (unpaired) electrons. The lowest BCUT2D eigenvalue weighted by atomic mass is 9.91. The molecule has 0 saturated carbocycles. The minimum atomic E-state index is -1.55. The SMILES string of the molecule is CC1(c2cccc([N+](=O)[O-])c2)NC(=O)N(CC(=O)NCc2ccccc2F)C1=O. The summed E-state index contributed by atoms with van der Waals surface area (Å²) in [4.78, 5) is 48.4. The Bertz CT molecular complexity index is 1010. The molecule has 0 aliphatic carbocycles. The molecule has 1 unspecified atom stereocenters. The molecule has 4 amide bonds. The molecule has 29 heavy (non-hydrogen) atoms. The van der Waals surface area contributed by atoms with Gasteiger partial charge in [-0.2, -0.15) is 0 Å². The number of carbonyl (C=O) groups excluding carboxylic acids is 3. The predicted molar refractivity (Wildman–Crippen MR) is 98.9 cm³/mol. The Balaban J connectivity index is 1.71. The van der Waals surface area contributed by atoms with Gasteiger partial charge in [-0.1, -0.05) is 30.3 Å². The van der Waals surface area contributed by atoms with Crippen LogP contribution in [0, 0.1) is 15.9 Å². The summed E-state index contributed by atoms with van der Waals surface area (Å²) in [5.41, 5.74) is -1.29. The first kappa shape index (κ1) is 19.9. The molecule has 0 bridgehead atoms. The molecule has 1 saturated heterocycles. The van der Waals surface area contributed by atoms with Crippen LogP contribution in [0.25, 0.3) is 0 Å². The molecule has 1 heterocycles. The predicted octanol–water partition coefficient (Wildman–Crippen LogP) is 1.82. The molecule has 150 valence electrons. The van der Waals surface area contributed by atoms with Gasteiger partial charge in [-0.05, 0) is 18.6 Å². The van der Waals surface area contributed by atoms with Crippen molar-refractivity contribution in [2.75, 3.05) is 6.54 Å². The molecule has 10 heteroatoms. The number of non-ortho nitro benzene ring substituents is 1. The molecular weight excluding hydrogens is 383 g/mol. The van der Waals surface area contributed by atoms with Gasteiger partial charge in [0.2, 0.25) is 5.91 Å². The number of rotatable bonds is 6. The smallest absolute Gasteiger partial charge is 0.325 e. The monoisotopic (exact) mass is 400 g/mol. The summed E-state index contributed by atoms with van der Waals surface area (Å²) < 4.78 is 13.6. The van der Waals surface area contributed by atoms with Crippen LogP contribution in [0.3, 0.4) is 0 Å². The number of nitrogens with one attached hydrogen (secondary N) is 2. The lowest BCUT2D eigenvalue weighted by Crippen LogP contribution is -2.43. The van der Waals surface area contributed by atoms with Crippen LogP contribution < -0.4 is 10.6 Å². The molecule has 2 N–H and O–H groups in total. The van der Waals surface area contributed by atoms with Gasteiger partial charge in [-0.3, -0.25) is 24.6 Å². The minimum absolute atomic E-state index is 0.0999. The van der Waals surface area contributed by atoms with E-state index in [0.29, 0.717) is 0 Å². The van der Waals surface area contributed by atoms with E-state index in [2.05, 4.69) is 10.6 Å². The summed E-state index contributed by atoms with van der Waals surface area (Å²) in [5, 5.41) is 15.9. The van der Waals surface area contributed by atoms with Crippen molar-refractivity contribution in [3.63, 3.8) is 0 Å². The van der Waals surface area contributed by atoms with Gasteiger partial charge < -0.3 is 10.6 Å². The Labute approximate surface area is 164 Å². The van der Waals surface area contributed by atoms with E-state index in [-0.39, 0.29) is 23.4 Å². The maximum Gasteiger partial charge on any atom is 0.325 e. The van der Waals surface area contributed by atoms with Gasteiger partial charge in [-0.25, -0.2) is 9.18 Å². The van der Waals surface area contributed by atoms with Crippen molar-refractivity contribution >= 4 is 23.5 Å². The fraction of sp³-hybridized carbons (Fsp3) is 0.211. The highest BCUT2D eigenvalue weighted by Crippen LogP contribution is 2.30. The number of hydrogen-bond acceptors (Lipinski definition) is 5. The fourth-order valence-corrected chi connectivity index (χ4v) is 3.00. The number of nitrogens with zero attached hydrogens (tertiary/aromatic N) is 2. The molecular formula is C19H17FN4O5. The van der Waals surface area contributed by atoms with Crippen molar-refractivity contribution in [3.8, 4) is 0 Å². The average Bonchev–Trinajstić information content (AvgIpc) is 2.91. The number of nitro benzene ring substituents is 1. The van der Waals surface area contributed by atoms with Gasteiger partial charge in [0.25, 0.3) is 11.6 Å². The van der Waals surface area contributed by atoms with Crippen LogP contribution in [0.2, 0.25) is 0 Å². The highest BCUT2D eigenvalue weighted by Gasteiger charge is 2.49. The van der Waals surface area contributed by atoms with E-state index >= 15 is 0 Å². The normalized spacial score (nSPS) is 18.5. The zero-order chi connectivity index (χ0) is 21.2. The maximum absolute atomic E-state index is 13.6. The van der Waals surface area contributed by atoms with Crippen LogP contribution in [0.4, 0.5) is 14.9 Å². The number of hydrogen-bond donors (Lipinski definition) is 2. The van der Waals surface area contributed by atoms with Gasteiger partial charge in [0.05, 0.1) is 4.92 Å². The van der Waals surface area contributed by atoms with E-state index < -0.39 is 40.7 Å². The third-order valence-corrected chi connectivity index (χ3v) is 4.64. The van der Waals surface area contributed by atoms with Crippen molar-refractivity contribution in [3.05, 3.63) is 75.6 Å². The van der Waals surface area contributed by atoms with Crippen molar-refractivity contribution in [1.82, 2.24) is 15.5 Å². The van der Waals surface area contributed by atoms with E-state index in [1.54, 1.807) is 6.07 Å².